The van der Waals surface area contributed by atoms with E-state index in [0.717, 1.165) is 0 Å². The van der Waals surface area contributed by atoms with Gasteiger partial charge in [-0.25, -0.2) is 9.18 Å². The summed E-state index contributed by atoms with van der Waals surface area (Å²) in [5, 5.41) is 5.90. The molecule has 0 saturated carbocycles. The quantitative estimate of drug-likeness (QED) is 0.368. The molecule has 0 spiro atoms. The largest absolute Gasteiger partial charge is 0.466 e. The number of carbonyl (C=O) groups is 4. The topological polar surface area (TPSA) is 111 Å². The van der Waals surface area contributed by atoms with Gasteiger partial charge in [-0.2, -0.15) is 0 Å². The monoisotopic (exact) mass is 548 g/mol. The van der Waals surface area contributed by atoms with Crippen LogP contribution in [0.15, 0.2) is 48.5 Å². The van der Waals surface area contributed by atoms with Crippen LogP contribution in [-0.4, -0.2) is 49.1 Å². The first-order valence-corrected chi connectivity index (χ1v) is 12.8. The molecule has 0 radical (unpaired) electrons. The fraction of sp³-hybridized carbons (Fsp3) is 0.429. The molecule has 38 heavy (non-hydrogen) atoms. The average Bonchev–Trinajstić information content (AvgIpc) is 2.87. The molecule has 206 valence electrons. The number of benzene rings is 2. The van der Waals surface area contributed by atoms with E-state index in [4.69, 9.17) is 21.1 Å². The molecule has 2 atom stereocenters. The van der Waals surface area contributed by atoms with Gasteiger partial charge in [0.1, 0.15) is 17.9 Å². The Morgan fingerprint density at radius 2 is 1.50 bits per heavy atom. The van der Waals surface area contributed by atoms with Crippen LogP contribution < -0.4 is 10.6 Å². The SMILES string of the molecule is CCOC(=O)CC[C@@H](NC(=O)[C@H](Cc1ccc(F)cc1)NC(=O)C(C)(C)c1ccc(Cl)cc1)C(=O)OCC. The Balaban J connectivity index is 2.28. The minimum absolute atomic E-state index is 0.0297. The van der Waals surface area contributed by atoms with Crippen LogP contribution in [0, 0.1) is 5.82 Å². The van der Waals surface area contributed by atoms with Gasteiger partial charge in [0.05, 0.1) is 18.6 Å². The maximum atomic E-state index is 13.5. The Kier molecular flexibility index (Phi) is 11.7. The fourth-order valence-corrected chi connectivity index (χ4v) is 3.79. The van der Waals surface area contributed by atoms with Gasteiger partial charge < -0.3 is 20.1 Å². The van der Waals surface area contributed by atoms with Crippen molar-refractivity contribution >= 4 is 35.4 Å². The van der Waals surface area contributed by atoms with Crippen molar-refractivity contribution in [3.8, 4) is 0 Å². The van der Waals surface area contributed by atoms with E-state index < -0.39 is 47.1 Å². The van der Waals surface area contributed by atoms with E-state index in [2.05, 4.69) is 10.6 Å². The van der Waals surface area contributed by atoms with Crippen molar-refractivity contribution < 1.29 is 33.0 Å². The molecular formula is C28H34ClFN2O6. The standard InChI is InChI=1S/C28H34ClFN2O6/c1-5-37-24(33)16-15-22(26(35)38-6-2)31-25(34)23(17-18-7-13-21(30)14-8-18)32-27(36)28(3,4)19-9-11-20(29)12-10-19/h7-14,22-23H,5-6,15-17H2,1-4H3,(H,31,34)(H,32,36)/t22-,23+/m1/s1. The van der Waals surface area contributed by atoms with Crippen molar-refractivity contribution in [3.05, 3.63) is 70.5 Å². The number of esters is 2. The zero-order valence-corrected chi connectivity index (χ0v) is 22.8. The molecule has 0 heterocycles. The highest BCUT2D eigenvalue weighted by atomic mass is 35.5. The number of amides is 2. The van der Waals surface area contributed by atoms with Crippen LogP contribution >= 0.6 is 11.6 Å². The van der Waals surface area contributed by atoms with Crippen LogP contribution in [-0.2, 0) is 40.5 Å². The van der Waals surface area contributed by atoms with Gasteiger partial charge in [0.2, 0.25) is 11.8 Å². The zero-order valence-electron chi connectivity index (χ0n) is 22.0. The second-order valence-electron chi connectivity index (χ2n) is 9.15. The second kappa shape index (κ2) is 14.5. The molecule has 0 unspecified atom stereocenters. The molecule has 0 aliphatic heterocycles. The van der Waals surface area contributed by atoms with E-state index in [-0.39, 0.29) is 32.5 Å². The van der Waals surface area contributed by atoms with Gasteiger partial charge in [0, 0.05) is 17.9 Å². The van der Waals surface area contributed by atoms with Crippen molar-refractivity contribution in [3.63, 3.8) is 0 Å². The lowest BCUT2D eigenvalue weighted by Gasteiger charge is -2.28. The highest BCUT2D eigenvalue weighted by molar-refractivity contribution is 6.30. The number of ether oxygens (including phenoxy) is 2. The van der Waals surface area contributed by atoms with Crippen LogP contribution in [0.25, 0.3) is 0 Å². The van der Waals surface area contributed by atoms with Crippen LogP contribution in [0.4, 0.5) is 4.39 Å². The molecule has 2 amide bonds. The first-order chi connectivity index (χ1) is 18.0. The van der Waals surface area contributed by atoms with E-state index in [1.165, 1.54) is 24.3 Å². The van der Waals surface area contributed by atoms with E-state index in [1.54, 1.807) is 52.0 Å². The molecular weight excluding hydrogens is 515 g/mol. The minimum atomic E-state index is -1.14. The maximum absolute atomic E-state index is 13.5. The molecule has 0 bridgehead atoms. The third-order valence-corrected chi connectivity index (χ3v) is 6.19. The van der Waals surface area contributed by atoms with E-state index in [9.17, 15) is 23.6 Å². The predicted octanol–water partition coefficient (Wildman–Crippen LogP) is 3.88. The Hall–Kier alpha value is -3.46. The number of halogens is 2. The van der Waals surface area contributed by atoms with Gasteiger partial charge >= 0.3 is 11.9 Å². The van der Waals surface area contributed by atoms with Gasteiger partial charge in [-0.05, 0) is 69.5 Å². The van der Waals surface area contributed by atoms with Gasteiger partial charge in [0.25, 0.3) is 0 Å². The molecule has 0 aliphatic carbocycles. The third kappa shape index (κ3) is 9.13. The Morgan fingerprint density at radius 3 is 2.08 bits per heavy atom. The molecule has 8 nitrogen and oxygen atoms in total. The van der Waals surface area contributed by atoms with Crippen molar-refractivity contribution in [2.24, 2.45) is 0 Å². The summed E-state index contributed by atoms with van der Waals surface area (Å²) in [7, 11) is 0. The van der Waals surface area contributed by atoms with Gasteiger partial charge in [-0.1, -0.05) is 35.9 Å². The van der Waals surface area contributed by atoms with Crippen molar-refractivity contribution in [1.29, 1.82) is 0 Å². The minimum Gasteiger partial charge on any atom is -0.466 e. The summed E-state index contributed by atoms with van der Waals surface area (Å²) in [6, 6.07) is 10.1. The highest BCUT2D eigenvalue weighted by Crippen LogP contribution is 2.25. The molecule has 2 rings (SSSR count). The summed E-state index contributed by atoms with van der Waals surface area (Å²) in [6.07, 6.45) is -0.130. The summed E-state index contributed by atoms with van der Waals surface area (Å²) in [5.41, 5.74) is 0.241. The van der Waals surface area contributed by atoms with Gasteiger partial charge in [-0.15, -0.1) is 0 Å². The van der Waals surface area contributed by atoms with E-state index in [0.29, 0.717) is 16.1 Å². The van der Waals surface area contributed by atoms with Crippen molar-refractivity contribution in [2.45, 2.75) is 64.5 Å². The number of carbonyl (C=O) groups excluding carboxylic acids is 4. The van der Waals surface area contributed by atoms with Crippen LogP contribution in [0.3, 0.4) is 0 Å². The lowest BCUT2D eigenvalue weighted by atomic mass is 9.83. The Labute approximate surface area is 227 Å². The number of hydrogen-bond donors (Lipinski definition) is 2. The molecule has 0 aromatic heterocycles. The van der Waals surface area contributed by atoms with E-state index >= 15 is 0 Å². The normalized spacial score (nSPS) is 12.7. The Bertz CT molecular complexity index is 1110. The molecule has 2 aromatic rings. The Morgan fingerprint density at radius 1 is 0.895 bits per heavy atom. The third-order valence-electron chi connectivity index (χ3n) is 5.94. The van der Waals surface area contributed by atoms with Gasteiger partial charge in [-0.3, -0.25) is 14.4 Å². The number of rotatable bonds is 13. The number of nitrogens with one attached hydrogen (secondary N) is 2. The lowest BCUT2D eigenvalue weighted by Crippen LogP contribution is -2.55. The molecule has 0 fully saturated rings. The van der Waals surface area contributed by atoms with E-state index in [1.807, 2.05) is 0 Å². The summed E-state index contributed by atoms with van der Waals surface area (Å²) >= 11 is 5.98. The smallest absolute Gasteiger partial charge is 0.328 e. The van der Waals surface area contributed by atoms with Crippen molar-refractivity contribution in [2.75, 3.05) is 13.2 Å². The molecule has 0 aliphatic rings. The highest BCUT2D eigenvalue weighted by Gasteiger charge is 2.34. The average molecular weight is 549 g/mol. The second-order valence-corrected chi connectivity index (χ2v) is 9.58. The van der Waals surface area contributed by atoms with Crippen molar-refractivity contribution in [1.82, 2.24) is 10.6 Å². The first kappa shape index (κ1) is 30.8. The first-order valence-electron chi connectivity index (χ1n) is 12.4. The summed E-state index contributed by atoms with van der Waals surface area (Å²) < 4.78 is 23.4. The molecule has 0 saturated heterocycles. The zero-order chi connectivity index (χ0) is 28.3. The molecule has 2 aromatic carbocycles. The summed E-state index contributed by atoms with van der Waals surface area (Å²) in [5.74, 6) is -2.77. The summed E-state index contributed by atoms with van der Waals surface area (Å²) in [6.45, 7) is 6.97. The molecule has 10 heteroatoms. The number of hydrogen-bond acceptors (Lipinski definition) is 6. The maximum Gasteiger partial charge on any atom is 0.328 e. The lowest BCUT2D eigenvalue weighted by molar-refractivity contribution is -0.149. The van der Waals surface area contributed by atoms with Crippen LogP contribution in [0.2, 0.25) is 5.02 Å². The van der Waals surface area contributed by atoms with Crippen LogP contribution in [0.5, 0.6) is 0 Å². The van der Waals surface area contributed by atoms with Gasteiger partial charge in [0.15, 0.2) is 0 Å². The van der Waals surface area contributed by atoms with Crippen LogP contribution in [0.1, 0.15) is 51.7 Å². The predicted molar refractivity (Wildman–Crippen MR) is 141 cm³/mol. The molecule has 2 N–H and O–H groups in total. The fourth-order valence-electron chi connectivity index (χ4n) is 3.66. The summed E-state index contributed by atoms with van der Waals surface area (Å²) in [4.78, 5) is 51.2.